The lowest BCUT2D eigenvalue weighted by Gasteiger charge is -2.13. The Balaban J connectivity index is 0.999. The van der Waals surface area contributed by atoms with Crippen LogP contribution in [0, 0.1) is 0 Å². The molecule has 0 saturated heterocycles. The van der Waals surface area contributed by atoms with Crippen molar-refractivity contribution >= 4 is 82.8 Å². The first-order valence-electron chi connectivity index (χ1n) is 24.2. The molecule has 71 heavy (non-hydrogen) atoms. The van der Waals surface area contributed by atoms with Crippen molar-refractivity contribution in [3.8, 4) is 33.6 Å². The zero-order valence-electron chi connectivity index (χ0n) is 38.6. The molecular weight excluding hydrogens is 863 g/mol. The Hall–Kier alpha value is -9.58. The van der Waals surface area contributed by atoms with Gasteiger partial charge in [0.25, 0.3) is 0 Å². The average Bonchev–Trinajstić information content (AvgIpc) is 4.07. The SMILES string of the molecule is C1=C/C(c2ccccc2)=N\C(n2c3ccc(-c4ccc5c(c4)c4ccccc4n5-c4ccccc4)cc3c3cc(-c4ccc5c(c4)c4ccccc4n5-c4ccccc4)ccc32)=N/C(c2ccccc2)=C/1. The highest BCUT2D eigenvalue weighted by atomic mass is 15.2. The van der Waals surface area contributed by atoms with E-state index in [0.29, 0.717) is 5.96 Å². The van der Waals surface area contributed by atoms with E-state index in [-0.39, 0.29) is 0 Å². The molecule has 0 aliphatic carbocycles. The predicted molar refractivity (Wildman–Crippen MR) is 298 cm³/mol. The van der Waals surface area contributed by atoms with E-state index in [4.69, 9.17) is 9.98 Å². The van der Waals surface area contributed by atoms with Crippen LogP contribution in [0.25, 0.3) is 105 Å². The minimum atomic E-state index is 0.592. The molecule has 0 atom stereocenters. The molecule has 1 aliphatic rings. The molecule has 5 nitrogen and oxygen atoms in total. The summed E-state index contributed by atoms with van der Waals surface area (Å²) in [6.07, 6.45) is 6.24. The normalized spacial score (nSPS) is 15.6. The summed E-state index contributed by atoms with van der Waals surface area (Å²) in [4.78, 5) is 10.9. The molecule has 332 valence electrons. The van der Waals surface area contributed by atoms with Crippen LogP contribution in [0.15, 0.2) is 271 Å². The molecule has 0 radical (unpaired) electrons. The van der Waals surface area contributed by atoms with Crippen molar-refractivity contribution < 1.29 is 0 Å². The summed E-state index contributed by atoms with van der Waals surface area (Å²) in [7, 11) is 0. The van der Waals surface area contributed by atoms with E-state index < -0.39 is 0 Å². The van der Waals surface area contributed by atoms with Crippen molar-refractivity contribution in [3.63, 3.8) is 0 Å². The van der Waals surface area contributed by atoms with E-state index in [2.05, 4.69) is 262 Å². The van der Waals surface area contributed by atoms with Gasteiger partial charge in [-0.2, -0.15) is 0 Å². The Morgan fingerprint density at radius 3 is 1.10 bits per heavy atom. The molecule has 0 N–H and O–H groups in total. The maximum absolute atomic E-state index is 5.46. The Morgan fingerprint density at radius 1 is 0.268 bits per heavy atom. The Bertz CT molecular complexity index is 4110. The quantitative estimate of drug-likeness (QED) is 0.159. The van der Waals surface area contributed by atoms with E-state index in [9.17, 15) is 0 Å². The van der Waals surface area contributed by atoms with Crippen molar-refractivity contribution in [2.75, 3.05) is 0 Å². The number of para-hydroxylation sites is 4. The van der Waals surface area contributed by atoms with Crippen LogP contribution in [0.5, 0.6) is 0 Å². The van der Waals surface area contributed by atoms with Crippen LogP contribution in [-0.2, 0) is 0 Å². The first-order valence-corrected chi connectivity index (χ1v) is 24.2. The zero-order chi connectivity index (χ0) is 46.8. The average molecular weight is 906 g/mol. The van der Waals surface area contributed by atoms with E-state index in [0.717, 1.165) is 78.0 Å². The van der Waals surface area contributed by atoms with Gasteiger partial charge in [0.2, 0.25) is 5.96 Å². The Labute approximate surface area is 410 Å². The summed E-state index contributed by atoms with van der Waals surface area (Å²) in [5, 5.41) is 7.13. The minimum Gasteiger partial charge on any atom is -0.309 e. The second-order valence-corrected chi connectivity index (χ2v) is 18.2. The molecule has 13 aromatic rings. The predicted octanol–water partition coefficient (Wildman–Crippen LogP) is 16.6. The summed E-state index contributed by atoms with van der Waals surface area (Å²) in [6, 6.07) is 87.1. The molecule has 14 rings (SSSR count). The van der Waals surface area contributed by atoms with Crippen LogP contribution < -0.4 is 0 Å². The standard InChI is InChI=1S/C66H43N5/c1-5-18-44(19-6-1)58-28-17-29-59(45-20-7-2-8-21-45)68-66(67-58)71-64-38-34-48(46-32-36-62-54(40-46)52-26-13-15-30-60(52)69(62)50-22-9-3-10-23-50)42-56(64)57-43-49(35-39-65(57)71)47-33-37-63-55(41-47)53-27-14-16-31-61(53)70(63)51-24-11-4-12-25-51/h1-43H/b28-17+,29-17?,58-28?,59-29+,67-58+,67-66?,68-59?,68-66+. The zero-order valence-corrected chi connectivity index (χ0v) is 38.6. The maximum atomic E-state index is 5.46. The molecule has 0 fully saturated rings. The molecule has 1 aliphatic heterocycles. The number of fused-ring (bicyclic) bond motifs is 9. The lowest BCUT2D eigenvalue weighted by molar-refractivity contribution is 1.18. The van der Waals surface area contributed by atoms with Gasteiger partial charge in [-0.05, 0) is 119 Å². The highest BCUT2D eigenvalue weighted by molar-refractivity contribution is 6.21. The molecule has 0 saturated carbocycles. The Kier molecular flexibility index (Phi) is 9.46. The van der Waals surface area contributed by atoms with Crippen molar-refractivity contribution in [2.45, 2.75) is 0 Å². The summed E-state index contributed by atoms with van der Waals surface area (Å²) >= 11 is 0. The molecule has 5 heteroatoms. The molecule has 3 aromatic heterocycles. The smallest absolute Gasteiger partial charge is 0.235 e. The van der Waals surface area contributed by atoms with Crippen LogP contribution in [0.2, 0.25) is 0 Å². The third-order valence-corrected chi connectivity index (χ3v) is 14.1. The van der Waals surface area contributed by atoms with Gasteiger partial charge in [0.05, 0.1) is 44.5 Å². The molecule has 0 bridgehead atoms. The third-order valence-electron chi connectivity index (χ3n) is 14.1. The van der Waals surface area contributed by atoms with Gasteiger partial charge < -0.3 is 9.13 Å². The fourth-order valence-corrected chi connectivity index (χ4v) is 10.8. The van der Waals surface area contributed by atoms with Gasteiger partial charge in [0.1, 0.15) is 0 Å². The highest BCUT2D eigenvalue weighted by Gasteiger charge is 2.21. The van der Waals surface area contributed by atoms with Gasteiger partial charge in [-0.25, -0.2) is 9.98 Å². The van der Waals surface area contributed by atoms with Crippen molar-refractivity contribution in [1.82, 2.24) is 13.7 Å². The van der Waals surface area contributed by atoms with E-state index in [1.165, 1.54) is 43.6 Å². The monoisotopic (exact) mass is 905 g/mol. The van der Waals surface area contributed by atoms with E-state index in [1.807, 2.05) is 12.1 Å². The summed E-state index contributed by atoms with van der Waals surface area (Å²) in [6.45, 7) is 0. The summed E-state index contributed by atoms with van der Waals surface area (Å²) in [5.74, 6) is 0.592. The van der Waals surface area contributed by atoms with Crippen LogP contribution in [0.3, 0.4) is 0 Å². The van der Waals surface area contributed by atoms with Gasteiger partial charge in [0.15, 0.2) is 0 Å². The number of rotatable bonds is 6. The molecule has 0 amide bonds. The lowest BCUT2D eigenvalue weighted by atomic mass is 9.98. The lowest BCUT2D eigenvalue weighted by Crippen LogP contribution is -2.13. The van der Waals surface area contributed by atoms with Crippen LogP contribution >= 0.6 is 0 Å². The molecule has 0 spiro atoms. The number of aromatic nitrogens is 3. The third kappa shape index (κ3) is 6.78. The second-order valence-electron chi connectivity index (χ2n) is 18.2. The van der Waals surface area contributed by atoms with E-state index >= 15 is 0 Å². The van der Waals surface area contributed by atoms with Crippen LogP contribution in [0.1, 0.15) is 11.1 Å². The largest absolute Gasteiger partial charge is 0.309 e. The van der Waals surface area contributed by atoms with Crippen molar-refractivity contribution in [1.29, 1.82) is 0 Å². The summed E-state index contributed by atoms with van der Waals surface area (Å²) in [5.41, 5.74) is 17.4. The van der Waals surface area contributed by atoms with Gasteiger partial charge in [-0.1, -0.05) is 164 Å². The minimum absolute atomic E-state index is 0.592. The number of benzene rings is 10. The van der Waals surface area contributed by atoms with Gasteiger partial charge in [-0.3, -0.25) is 4.57 Å². The van der Waals surface area contributed by atoms with Crippen molar-refractivity contribution in [2.24, 2.45) is 9.98 Å². The fraction of sp³-hybridized carbons (Fsp3) is 0. The van der Waals surface area contributed by atoms with Gasteiger partial charge in [0, 0.05) is 54.8 Å². The number of aliphatic imine (C=N–C) groups is 2. The fourth-order valence-electron chi connectivity index (χ4n) is 10.8. The molecule has 0 unspecified atom stereocenters. The number of allylic oxidation sites excluding steroid dienone is 3. The number of hydrogen-bond donors (Lipinski definition) is 0. The topological polar surface area (TPSA) is 39.5 Å². The van der Waals surface area contributed by atoms with Gasteiger partial charge in [-0.15, -0.1) is 0 Å². The highest BCUT2D eigenvalue weighted by Crippen LogP contribution is 2.41. The van der Waals surface area contributed by atoms with Gasteiger partial charge >= 0.3 is 0 Å². The number of nitrogens with zero attached hydrogens (tertiary/aromatic N) is 5. The molecule has 10 aromatic carbocycles. The van der Waals surface area contributed by atoms with E-state index in [1.54, 1.807) is 0 Å². The first-order chi connectivity index (χ1) is 35.2. The maximum Gasteiger partial charge on any atom is 0.235 e. The summed E-state index contributed by atoms with van der Waals surface area (Å²) < 4.78 is 7.00. The molecule has 4 heterocycles. The van der Waals surface area contributed by atoms with Crippen LogP contribution in [-0.4, -0.2) is 25.4 Å². The second kappa shape index (κ2) is 16.6. The number of hydrogen-bond acceptors (Lipinski definition) is 2. The Morgan fingerprint density at radius 2 is 0.634 bits per heavy atom. The molecular formula is C66H43N5. The van der Waals surface area contributed by atoms with Crippen LogP contribution in [0.4, 0.5) is 0 Å². The first kappa shape index (κ1) is 40.5. The van der Waals surface area contributed by atoms with Crippen molar-refractivity contribution in [3.05, 3.63) is 272 Å².